The second kappa shape index (κ2) is 11.8. The van der Waals surface area contributed by atoms with Gasteiger partial charge in [0.15, 0.2) is 12.4 Å². The number of carbonyl (C=O) groups excluding carboxylic acids is 4. The van der Waals surface area contributed by atoms with E-state index in [1.165, 1.54) is 4.90 Å². The van der Waals surface area contributed by atoms with Crippen molar-refractivity contribution in [2.24, 2.45) is 17.8 Å². The number of carbonyl (C=O) groups is 4. The number of aryl methyl sites for hydroxylation is 1. The normalized spacial score (nSPS) is 19.9. The van der Waals surface area contributed by atoms with Crippen molar-refractivity contribution in [3.63, 3.8) is 0 Å². The average Bonchev–Trinajstić information content (AvgIpc) is 3.27. The van der Waals surface area contributed by atoms with E-state index in [0.717, 1.165) is 34.9 Å². The monoisotopic (exact) mass is 638 g/mol. The number of hydrogen-bond donors (Lipinski definition) is 0. The zero-order valence-electron chi connectivity index (χ0n) is 24.0. The van der Waals surface area contributed by atoms with Crippen LogP contribution in [0.1, 0.15) is 59.4 Å². The van der Waals surface area contributed by atoms with Crippen molar-refractivity contribution in [1.29, 1.82) is 0 Å². The molecule has 3 aromatic carbocycles. The highest BCUT2D eigenvalue weighted by Crippen LogP contribution is 2.42. The summed E-state index contributed by atoms with van der Waals surface area (Å²) in [4.78, 5) is 58.7. The van der Waals surface area contributed by atoms with E-state index >= 15 is 0 Å². The summed E-state index contributed by atoms with van der Waals surface area (Å²) in [6.07, 6.45) is 3.14. The van der Waals surface area contributed by atoms with Crippen LogP contribution in [0.3, 0.4) is 0 Å². The van der Waals surface area contributed by atoms with E-state index < -0.39 is 5.97 Å². The van der Waals surface area contributed by atoms with Crippen molar-refractivity contribution < 1.29 is 23.9 Å². The number of fused-ring (bicyclic) bond motifs is 2. The Labute approximate surface area is 258 Å². The molecule has 4 aromatic rings. The fourth-order valence-electron chi connectivity index (χ4n) is 6.29. The molecule has 6 rings (SSSR count). The van der Waals surface area contributed by atoms with Crippen molar-refractivity contribution in [2.75, 3.05) is 11.5 Å². The van der Waals surface area contributed by atoms with Crippen molar-refractivity contribution in [3.05, 3.63) is 94.0 Å². The predicted molar refractivity (Wildman–Crippen MR) is 168 cm³/mol. The van der Waals surface area contributed by atoms with Crippen LogP contribution >= 0.6 is 15.9 Å². The number of hydrogen-bond acceptors (Lipinski definition) is 6. The van der Waals surface area contributed by atoms with Crippen LogP contribution in [0.25, 0.3) is 22.2 Å². The quantitative estimate of drug-likeness (QED) is 0.121. The minimum absolute atomic E-state index is 0.119. The first-order chi connectivity index (χ1) is 20.7. The van der Waals surface area contributed by atoms with Crippen LogP contribution in [0.4, 0.5) is 5.69 Å². The van der Waals surface area contributed by atoms with Gasteiger partial charge in [-0.1, -0.05) is 72.2 Å². The molecule has 8 heteroatoms. The van der Waals surface area contributed by atoms with Gasteiger partial charge in [0, 0.05) is 21.0 Å². The van der Waals surface area contributed by atoms with Gasteiger partial charge in [0.2, 0.25) is 11.8 Å². The Morgan fingerprint density at radius 1 is 0.953 bits per heavy atom. The number of rotatable bonds is 7. The van der Waals surface area contributed by atoms with Crippen LogP contribution in [0, 0.1) is 17.8 Å². The molecule has 1 saturated heterocycles. The van der Waals surface area contributed by atoms with E-state index in [1.54, 1.807) is 42.5 Å². The smallest absolute Gasteiger partial charge is 0.339 e. The number of aromatic nitrogens is 1. The first-order valence-electron chi connectivity index (χ1n) is 14.6. The Bertz CT molecular complexity index is 1750. The lowest BCUT2D eigenvalue weighted by Crippen LogP contribution is -2.30. The Kier molecular flexibility index (Phi) is 7.97. The van der Waals surface area contributed by atoms with Crippen molar-refractivity contribution in [2.45, 2.75) is 39.5 Å². The lowest BCUT2D eigenvalue weighted by Gasteiger charge is -2.25. The van der Waals surface area contributed by atoms with Gasteiger partial charge in [-0.3, -0.25) is 19.3 Å². The molecule has 2 amide bonds. The molecule has 43 heavy (non-hydrogen) atoms. The zero-order chi connectivity index (χ0) is 30.2. The predicted octanol–water partition coefficient (Wildman–Crippen LogP) is 7.19. The Morgan fingerprint density at radius 2 is 1.67 bits per heavy atom. The third-order valence-electron chi connectivity index (χ3n) is 8.60. The molecule has 0 radical (unpaired) electrons. The molecular weight excluding hydrogens is 608 g/mol. The third-order valence-corrected chi connectivity index (χ3v) is 9.05. The molecular formula is C35H31BrN2O5. The van der Waals surface area contributed by atoms with Crippen LogP contribution in [0.5, 0.6) is 0 Å². The number of amides is 2. The average molecular weight is 640 g/mol. The number of ketones is 1. The van der Waals surface area contributed by atoms with Gasteiger partial charge in [0.05, 0.1) is 34.3 Å². The van der Waals surface area contributed by atoms with Gasteiger partial charge in [-0.2, -0.15) is 0 Å². The standard InChI is InChI=1S/C35H31BrN2O5/c1-3-21-16-24(36)17-27-29(35(42)43-19-31(39)23-7-5-4-6-8-23)18-30(37-32(21)27)22-10-12-25(13-11-22)38-33(40)26-14-9-20(2)15-28(26)34(38)41/h4-8,10-13,16-18,20,26,28H,3,9,14-15,19H2,1-2H3. The Hall–Kier alpha value is -4.17. The fourth-order valence-corrected chi connectivity index (χ4v) is 6.79. The number of halogens is 1. The van der Waals surface area contributed by atoms with Crippen molar-refractivity contribution >= 4 is 56.1 Å². The minimum Gasteiger partial charge on any atom is -0.454 e. The first-order valence-corrected chi connectivity index (χ1v) is 15.4. The number of ether oxygens (including phenoxy) is 1. The maximum absolute atomic E-state index is 13.4. The number of nitrogens with zero attached hydrogens (tertiary/aromatic N) is 2. The molecule has 218 valence electrons. The molecule has 1 saturated carbocycles. The SMILES string of the molecule is CCc1cc(Br)cc2c(C(=O)OCC(=O)c3ccccc3)cc(-c3ccc(N4C(=O)C5CCC(C)CC5C4=O)cc3)nc12. The Balaban J connectivity index is 1.33. The fraction of sp³-hybridized carbons (Fsp3) is 0.286. The minimum atomic E-state index is -0.625. The summed E-state index contributed by atoms with van der Waals surface area (Å²) in [6, 6.07) is 21.3. The summed E-state index contributed by atoms with van der Waals surface area (Å²) in [6.45, 7) is 3.77. The largest absolute Gasteiger partial charge is 0.454 e. The molecule has 1 aromatic heterocycles. The van der Waals surface area contributed by atoms with Gasteiger partial charge >= 0.3 is 5.97 Å². The second-order valence-corrected chi connectivity index (χ2v) is 12.3. The zero-order valence-corrected chi connectivity index (χ0v) is 25.6. The highest BCUT2D eigenvalue weighted by Gasteiger charge is 2.49. The highest BCUT2D eigenvalue weighted by molar-refractivity contribution is 9.10. The first kappa shape index (κ1) is 28.9. The highest BCUT2D eigenvalue weighted by atomic mass is 79.9. The van der Waals surface area contributed by atoms with E-state index in [4.69, 9.17) is 9.72 Å². The van der Waals surface area contributed by atoms with E-state index in [-0.39, 0.29) is 36.0 Å². The summed E-state index contributed by atoms with van der Waals surface area (Å²) in [7, 11) is 0. The number of Topliss-reactive ketones (excluding diaryl/α,β-unsaturated/α-hetero) is 1. The maximum Gasteiger partial charge on any atom is 0.339 e. The molecule has 2 fully saturated rings. The van der Waals surface area contributed by atoms with Crippen LogP contribution in [-0.2, 0) is 20.7 Å². The second-order valence-electron chi connectivity index (χ2n) is 11.4. The van der Waals surface area contributed by atoms with Crippen molar-refractivity contribution in [3.8, 4) is 11.3 Å². The topological polar surface area (TPSA) is 93.6 Å². The number of esters is 1. The summed E-state index contributed by atoms with van der Waals surface area (Å²) in [5.41, 5.74) is 4.17. The van der Waals surface area contributed by atoms with Gasteiger partial charge in [-0.05, 0) is 67.5 Å². The van der Waals surface area contributed by atoms with Crippen molar-refractivity contribution in [1.82, 2.24) is 4.98 Å². The van der Waals surface area contributed by atoms with Gasteiger partial charge in [0.25, 0.3) is 0 Å². The van der Waals surface area contributed by atoms with E-state index in [1.807, 2.05) is 37.3 Å². The number of imide groups is 1. The summed E-state index contributed by atoms with van der Waals surface area (Å²) in [5, 5.41) is 0.619. The molecule has 0 spiro atoms. The molecule has 3 unspecified atom stereocenters. The molecule has 7 nitrogen and oxygen atoms in total. The van der Waals surface area contributed by atoms with E-state index in [9.17, 15) is 19.2 Å². The van der Waals surface area contributed by atoms with Crippen LogP contribution in [0.2, 0.25) is 0 Å². The molecule has 3 atom stereocenters. The molecule has 0 N–H and O–H groups in total. The molecule has 0 bridgehead atoms. The van der Waals surface area contributed by atoms with Crippen LogP contribution < -0.4 is 4.90 Å². The molecule has 2 aliphatic rings. The molecule has 1 aliphatic heterocycles. The maximum atomic E-state index is 13.4. The van der Waals surface area contributed by atoms with E-state index in [2.05, 4.69) is 22.9 Å². The summed E-state index contributed by atoms with van der Waals surface area (Å²) in [5.74, 6) is -1.20. The van der Waals surface area contributed by atoms with Gasteiger partial charge < -0.3 is 4.74 Å². The van der Waals surface area contributed by atoms with Gasteiger partial charge in [-0.15, -0.1) is 0 Å². The number of benzene rings is 3. The van der Waals surface area contributed by atoms with E-state index in [0.29, 0.717) is 45.7 Å². The lowest BCUT2D eigenvalue weighted by molar-refractivity contribution is -0.122. The Morgan fingerprint density at radius 3 is 2.40 bits per heavy atom. The number of pyridine rings is 1. The number of anilines is 1. The lowest BCUT2D eigenvalue weighted by atomic mass is 9.76. The summed E-state index contributed by atoms with van der Waals surface area (Å²) < 4.78 is 6.31. The van der Waals surface area contributed by atoms with Crippen LogP contribution in [-0.4, -0.2) is 35.2 Å². The molecule has 2 heterocycles. The van der Waals surface area contributed by atoms with Crippen LogP contribution in [0.15, 0.2) is 77.3 Å². The molecule has 1 aliphatic carbocycles. The van der Waals surface area contributed by atoms with Gasteiger partial charge in [-0.25, -0.2) is 9.78 Å². The summed E-state index contributed by atoms with van der Waals surface area (Å²) >= 11 is 3.55. The van der Waals surface area contributed by atoms with Gasteiger partial charge in [0.1, 0.15) is 0 Å². The third kappa shape index (κ3) is 5.52.